The lowest BCUT2D eigenvalue weighted by Gasteiger charge is -2.16. The number of unbranched alkanes of at least 4 members (excludes halogenated alkanes) is 3. The average Bonchev–Trinajstić information content (AvgIpc) is 2.71. The van der Waals surface area contributed by atoms with Gasteiger partial charge in [-0.3, -0.25) is 4.79 Å². The lowest BCUT2D eigenvalue weighted by Crippen LogP contribution is -2.42. The topological polar surface area (TPSA) is 75.6 Å². The van der Waals surface area contributed by atoms with Gasteiger partial charge in [-0.15, -0.1) is 0 Å². The lowest BCUT2D eigenvalue weighted by atomic mass is 10.00. The van der Waals surface area contributed by atoms with Crippen molar-refractivity contribution in [2.24, 2.45) is 5.92 Å². The number of allylic oxidation sites excluding steroid dienone is 3. The van der Waals surface area contributed by atoms with E-state index in [0.717, 1.165) is 17.6 Å². The second-order valence-electron chi connectivity index (χ2n) is 7.75. The summed E-state index contributed by atoms with van der Waals surface area (Å²) in [5.74, 6) is -0.188. The van der Waals surface area contributed by atoms with Crippen molar-refractivity contribution in [2.45, 2.75) is 72.3 Å². The number of carbonyl (C=O) groups excluding carboxylic acids is 2. The third-order valence-electron chi connectivity index (χ3n) is 4.82. The van der Waals surface area contributed by atoms with Gasteiger partial charge in [0.2, 0.25) is 5.91 Å². The fourth-order valence-electron chi connectivity index (χ4n) is 3.21. The molecule has 0 radical (unpaired) electrons. The van der Waals surface area contributed by atoms with Crippen LogP contribution in [0.25, 0.3) is 0 Å². The minimum atomic E-state index is -0.784. The Morgan fingerprint density at radius 2 is 1.80 bits per heavy atom. The Hall–Kier alpha value is -2.56. The van der Waals surface area contributed by atoms with Gasteiger partial charge in [0.15, 0.2) is 0 Å². The van der Waals surface area contributed by atoms with Gasteiger partial charge in [-0.05, 0) is 43.9 Å². The minimum Gasteiger partial charge on any atom is -0.508 e. The Morgan fingerprint density at radius 1 is 1.10 bits per heavy atom. The molecule has 1 aromatic carbocycles. The second-order valence-corrected chi connectivity index (χ2v) is 7.75. The molecule has 0 aliphatic heterocycles. The van der Waals surface area contributed by atoms with Crippen LogP contribution in [0.4, 0.5) is 0 Å². The first-order valence-electron chi connectivity index (χ1n) is 11.0. The largest absolute Gasteiger partial charge is 0.508 e. The first kappa shape index (κ1) is 25.5. The van der Waals surface area contributed by atoms with Gasteiger partial charge in [0.05, 0.1) is 6.61 Å². The molecule has 0 saturated carbocycles. The van der Waals surface area contributed by atoms with Gasteiger partial charge in [0, 0.05) is 12.5 Å². The molecule has 0 spiro atoms. The Bertz CT molecular complexity index is 706. The van der Waals surface area contributed by atoms with Crippen LogP contribution in [0.2, 0.25) is 0 Å². The summed E-state index contributed by atoms with van der Waals surface area (Å²) in [6.07, 6.45) is 11.9. The van der Waals surface area contributed by atoms with Crippen LogP contribution in [-0.4, -0.2) is 29.6 Å². The molecule has 0 bridgehead atoms. The molecule has 1 aromatic rings. The van der Waals surface area contributed by atoms with Crippen LogP contribution in [0.1, 0.15) is 65.4 Å². The minimum absolute atomic E-state index is 0.153. The molecule has 2 N–H and O–H groups in total. The highest BCUT2D eigenvalue weighted by Gasteiger charge is 2.21. The van der Waals surface area contributed by atoms with Crippen LogP contribution in [0, 0.1) is 5.92 Å². The molecule has 0 aliphatic carbocycles. The van der Waals surface area contributed by atoms with Gasteiger partial charge in [-0.2, -0.15) is 0 Å². The zero-order valence-electron chi connectivity index (χ0n) is 18.8. The zero-order chi connectivity index (χ0) is 22.4. The van der Waals surface area contributed by atoms with E-state index < -0.39 is 12.0 Å². The molecule has 0 aromatic heterocycles. The summed E-state index contributed by atoms with van der Waals surface area (Å²) in [6.45, 7) is 8.35. The van der Waals surface area contributed by atoms with Crippen molar-refractivity contribution < 1.29 is 19.4 Å². The maximum absolute atomic E-state index is 12.4. The SMILES string of the molecule is CCCCCC[C@H](C)/C=C(C)/C=C/C(=O)N[C@@H](Cc1ccc(O)cc1)C(=O)OCC. The van der Waals surface area contributed by atoms with E-state index in [1.165, 1.54) is 31.8 Å². The van der Waals surface area contributed by atoms with Crippen molar-refractivity contribution in [1.82, 2.24) is 5.32 Å². The highest BCUT2D eigenvalue weighted by molar-refractivity contribution is 5.91. The Kier molecular flexibility index (Phi) is 12.3. The number of rotatable bonds is 13. The van der Waals surface area contributed by atoms with E-state index in [1.54, 1.807) is 37.3 Å². The van der Waals surface area contributed by atoms with Gasteiger partial charge in [-0.25, -0.2) is 4.79 Å². The number of hydrogen-bond acceptors (Lipinski definition) is 4. The number of aromatic hydroxyl groups is 1. The highest BCUT2D eigenvalue weighted by Crippen LogP contribution is 2.14. The number of amides is 1. The molecule has 0 fully saturated rings. The molecular formula is C25H37NO4. The average molecular weight is 416 g/mol. The smallest absolute Gasteiger partial charge is 0.328 e. The van der Waals surface area contributed by atoms with E-state index in [0.29, 0.717) is 12.3 Å². The van der Waals surface area contributed by atoms with Crippen LogP contribution in [0.5, 0.6) is 5.75 Å². The molecule has 1 rings (SSSR count). The number of ether oxygens (including phenoxy) is 1. The molecule has 0 unspecified atom stereocenters. The Balaban J connectivity index is 2.65. The summed E-state index contributed by atoms with van der Waals surface area (Å²) in [7, 11) is 0. The number of esters is 1. The van der Waals surface area contributed by atoms with E-state index >= 15 is 0 Å². The van der Waals surface area contributed by atoms with Crippen LogP contribution >= 0.6 is 0 Å². The first-order chi connectivity index (χ1) is 14.3. The fourth-order valence-corrected chi connectivity index (χ4v) is 3.21. The quantitative estimate of drug-likeness (QED) is 0.204. The van der Waals surface area contributed by atoms with E-state index in [2.05, 4.69) is 25.2 Å². The normalized spacial score (nSPS) is 13.8. The molecule has 0 heterocycles. The molecule has 5 nitrogen and oxygen atoms in total. The van der Waals surface area contributed by atoms with Gasteiger partial charge in [-0.1, -0.05) is 69.4 Å². The zero-order valence-corrected chi connectivity index (χ0v) is 18.8. The molecular weight excluding hydrogens is 378 g/mol. The number of phenolic OH excluding ortho intramolecular Hbond substituents is 1. The van der Waals surface area contributed by atoms with Crippen LogP contribution < -0.4 is 5.32 Å². The molecule has 30 heavy (non-hydrogen) atoms. The van der Waals surface area contributed by atoms with Crippen molar-refractivity contribution in [1.29, 1.82) is 0 Å². The van der Waals surface area contributed by atoms with Crippen LogP contribution in [0.3, 0.4) is 0 Å². The van der Waals surface area contributed by atoms with Crippen molar-refractivity contribution in [3.05, 3.63) is 53.6 Å². The highest BCUT2D eigenvalue weighted by atomic mass is 16.5. The summed E-state index contributed by atoms with van der Waals surface area (Å²) >= 11 is 0. The summed E-state index contributed by atoms with van der Waals surface area (Å²) < 4.78 is 5.10. The van der Waals surface area contributed by atoms with Crippen molar-refractivity contribution in [3.63, 3.8) is 0 Å². The van der Waals surface area contributed by atoms with Gasteiger partial charge in [0.1, 0.15) is 11.8 Å². The summed E-state index contributed by atoms with van der Waals surface area (Å²) in [4.78, 5) is 24.6. The first-order valence-corrected chi connectivity index (χ1v) is 11.0. The van der Waals surface area contributed by atoms with Gasteiger partial charge >= 0.3 is 5.97 Å². The second kappa shape index (κ2) is 14.4. The monoisotopic (exact) mass is 415 g/mol. The standard InChI is InChI=1S/C25H37NO4/c1-5-7-8-9-10-19(3)17-20(4)11-16-24(28)26-23(25(29)30-6-2)18-21-12-14-22(27)15-13-21/h11-17,19,23,27H,5-10,18H2,1-4H3,(H,26,28)/b16-11+,20-17+/t19-,23-/m0/s1. The fraction of sp³-hybridized carbons (Fsp3) is 0.520. The molecule has 166 valence electrons. The lowest BCUT2D eigenvalue weighted by molar-refractivity contribution is -0.146. The number of benzene rings is 1. The Labute approximate surface area is 181 Å². The van der Waals surface area contributed by atoms with Gasteiger partial charge in [0.25, 0.3) is 0 Å². The molecule has 5 heteroatoms. The maximum Gasteiger partial charge on any atom is 0.328 e. The predicted octanol–water partition coefficient (Wildman–Crippen LogP) is 5.09. The van der Waals surface area contributed by atoms with Crippen molar-refractivity contribution in [2.75, 3.05) is 6.61 Å². The summed E-state index contributed by atoms with van der Waals surface area (Å²) in [5.41, 5.74) is 1.85. The van der Waals surface area contributed by atoms with E-state index in [9.17, 15) is 14.7 Å². The Morgan fingerprint density at radius 3 is 2.43 bits per heavy atom. The third kappa shape index (κ3) is 10.8. The number of carbonyl (C=O) groups is 2. The van der Waals surface area contributed by atoms with Crippen molar-refractivity contribution in [3.8, 4) is 5.75 Å². The molecule has 2 atom stereocenters. The molecule has 0 saturated heterocycles. The summed E-state index contributed by atoms with van der Waals surface area (Å²) in [6, 6.07) is 5.76. The van der Waals surface area contributed by atoms with Gasteiger partial charge < -0.3 is 15.2 Å². The number of phenols is 1. The molecule has 1 amide bonds. The third-order valence-corrected chi connectivity index (χ3v) is 4.82. The summed E-state index contributed by atoms with van der Waals surface area (Å²) in [5, 5.41) is 12.1. The van der Waals surface area contributed by atoms with Crippen LogP contribution in [0.15, 0.2) is 48.1 Å². The predicted molar refractivity (Wildman–Crippen MR) is 121 cm³/mol. The maximum atomic E-state index is 12.4. The van der Waals surface area contributed by atoms with E-state index in [4.69, 9.17) is 4.74 Å². The van der Waals surface area contributed by atoms with E-state index in [1.807, 2.05) is 6.92 Å². The molecule has 0 aliphatic rings. The number of hydrogen-bond donors (Lipinski definition) is 2. The number of nitrogens with one attached hydrogen (secondary N) is 1. The van der Waals surface area contributed by atoms with Crippen molar-refractivity contribution >= 4 is 11.9 Å². The van der Waals surface area contributed by atoms with Crippen LogP contribution in [-0.2, 0) is 20.7 Å². The van der Waals surface area contributed by atoms with E-state index in [-0.39, 0.29) is 18.3 Å².